The number of ketones is 1. The highest BCUT2D eigenvalue weighted by Gasteiger charge is 2.16. The van der Waals surface area contributed by atoms with Gasteiger partial charge in [-0.15, -0.1) is 0 Å². The number of ether oxygens (including phenoxy) is 1. The van der Waals surface area contributed by atoms with Crippen LogP contribution in [0.2, 0.25) is 0 Å². The van der Waals surface area contributed by atoms with E-state index in [2.05, 4.69) is 41.5 Å². The molecule has 1 aliphatic carbocycles. The van der Waals surface area contributed by atoms with Gasteiger partial charge < -0.3 is 4.74 Å². The van der Waals surface area contributed by atoms with Crippen LogP contribution in [-0.4, -0.2) is 5.78 Å². The second-order valence-corrected chi connectivity index (χ2v) is 9.58. The van der Waals surface area contributed by atoms with Crippen LogP contribution in [-0.2, 0) is 0 Å². The summed E-state index contributed by atoms with van der Waals surface area (Å²) in [5.41, 5.74) is 0.803. The van der Waals surface area contributed by atoms with Crippen molar-refractivity contribution in [2.24, 2.45) is 17.8 Å². The molecule has 0 aromatic heterocycles. The molecule has 35 heavy (non-hydrogen) atoms. The summed E-state index contributed by atoms with van der Waals surface area (Å²) < 4.78 is 5.58. The minimum atomic E-state index is 0.0300. The largest absolute Gasteiger partial charge is 0.457 e. The van der Waals surface area contributed by atoms with Gasteiger partial charge in [0.2, 0.25) is 0 Å². The highest BCUT2D eigenvalue weighted by molar-refractivity contribution is 5.99. The lowest BCUT2D eigenvalue weighted by Crippen LogP contribution is -2.12. The van der Waals surface area contributed by atoms with Crippen LogP contribution in [0.4, 0.5) is 0 Å². The molecule has 4 rings (SSSR count). The van der Waals surface area contributed by atoms with Gasteiger partial charge in [0.25, 0.3) is 0 Å². The molecule has 3 aromatic carbocycles. The van der Waals surface area contributed by atoms with Crippen molar-refractivity contribution in [1.82, 2.24) is 0 Å². The highest BCUT2D eigenvalue weighted by Crippen LogP contribution is 2.19. The molecular weight excluding hydrogens is 428 g/mol. The fourth-order valence-electron chi connectivity index (χ4n) is 2.70. The van der Waals surface area contributed by atoms with Gasteiger partial charge in [0.1, 0.15) is 11.5 Å². The first kappa shape index (κ1) is 29.6. The van der Waals surface area contributed by atoms with Gasteiger partial charge in [-0.05, 0) is 42.5 Å². The van der Waals surface area contributed by atoms with E-state index in [-0.39, 0.29) is 11.7 Å². The zero-order valence-electron chi connectivity index (χ0n) is 22.2. The summed E-state index contributed by atoms with van der Waals surface area (Å²) in [5, 5.41) is 0. The molecule has 0 bridgehead atoms. The number of para-hydroxylation sites is 2. The smallest absolute Gasteiger partial charge is 0.170 e. The quantitative estimate of drug-likeness (QED) is 0.355. The fourth-order valence-corrected chi connectivity index (χ4v) is 2.70. The molecule has 0 N–H and O–H groups in total. The maximum absolute atomic E-state index is 11.9. The maximum Gasteiger partial charge on any atom is 0.170 e. The van der Waals surface area contributed by atoms with E-state index in [0.29, 0.717) is 0 Å². The third-order valence-corrected chi connectivity index (χ3v) is 4.10. The lowest BCUT2D eigenvalue weighted by Gasteiger charge is -2.11. The van der Waals surface area contributed by atoms with Crippen LogP contribution >= 0.6 is 0 Å². The van der Waals surface area contributed by atoms with Crippen LogP contribution in [0.25, 0.3) is 0 Å². The van der Waals surface area contributed by atoms with E-state index in [1.165, 1.54) is 0 Å². The molecule has 0 radical (unpaired) electrons. The number of hydrogen-bond donors (Lipinski definition) is 0. The zero-order valence-corrected chi connectivity index (χ0v) is 22.2. The van der Waals surface area contributed by atoms with Crippen molar-refractivity contribution >= 4 is 5.78 Å². The number of Topliss-reactive ketones (excluding diaryl/α,β-unsaturated/α-hetero) is 1. The molecule has 0 heterocycles. The summed E-state index contributed by atoms with van der Waals surface area (Å²) in [4.78, 5) is 11.9. The normalized spacial score (nSPS) is 13.4. The van der Waals surface area contributed by atoms with Crippen molar-refractivity contribution in [2.45, 2.75) is 48.0 Å². The van der Waals surface area contributed by atoms with Crippen molar-refractivity contribution in [3.05, 3.63) is 121 Å². The number of benzene rings is 3. The van der Waals surface area contributed by atoms with E-state index >= 15 is 0 Å². The minimum Gasteiger partial charge on any atom is -0.457 e. The van der Waals surface area contributed by atoms with E-state index in [0.717, 1.165) is 35.3 Å². The van der Waals surface area contributed by atoms with Crippen molar-refractivity contribution < 1.29 is 9.53 Å². The van der Waals surface area contributed by atoms with E-state index in [1.54, 1.807) is 0 Å². The Labute approximate surface area is 213 Å². The number of allylic oxidation sites excluding steroid dienone is 4. The second-order valence-electron chi connectivity index (χ2n) is 9.58. The lowest BCUT2D eigenvalue weighted by molar-refractivity contribution is 0.0945. The van der Waals surface area contributed by atoms with Crippen molar-refractivity contribution in [2.75, 3.05) is 0 Å². The Hall–Kier alpha value is -3.39. The average molecular weight is 471 g/mol. The summed E-state index contributed by atoms with van der Waals surface area (Å²) in [7, 11) is 0. The Morgan fingerprint density at radius 1 is 0.657 bits per heavy atom. The molecule has 0 amide bonds. The van der Waals surface area contributed by atoms with E-state index < -0.39 is 0 Å². The maximum atomic E-state index is 11.9. The van der Waals surface area contributed by atoms with Gasteiger partial charge in [-0.1, -0.05) is 133 Å². The van der Waals surface area contributed by atoms with Crippen molar-refractivity contribution in [3.63, 3.8) is 0 Å². The topological polar surface area (TPSA) is 26.3 Å². The molecule has 1 unspecified atom stereocenters. The summed E-state index contributed by atoms with van der Waals surface area (Å²) in [6.45, 7) is 13.0. The summed E-state index contributed by atoms with van der Waals surface area (Å²) in [6.07, 6.45) is 8.74. The van der Waals surface area contributed by atoms with Crippen LogP contribution in [0.15, 0.2) is 115 Å². The predicted molar refractivity (Wildman–Crippen MR) is 151 cm³/mol. The Kier molecular flexibility index (Phi) is 15.2. The standard InChI is InChI=1S/C13H12O.C12H10O.2C4H10/c14-13(11-7-3-1-4-8-11)12-9-5-2-6-10-12;1-3-7-11(8-4-1)13-12-9-5-2-6-10-12;2*1-4(2)3/h1-9,12H,10H2;1-10H;2*4H,1-3H3. The van der Waals surface area contributed by atoms with Crippen molar-refractivity contribution in [1.29, 1.82) is 0 Å². The first-order valence-corrected chi connectivity index (χ1v) is 12.5. The number of hydrogen-bond acceptors (Lipinski definition) is 2. The van der Waals surface area contributed by atoms with Gasteiger partial charge in [0.05, 0.1) is 0 Å². The molecule has 0 saturated carbocycles. The zero-order chi connectivity index (χ0) is 25.9. The first-order chi connectivity index (χ1) is 16.8. The first-order valence-electron chi connectivity index (χ1n) is 12.5. The van der Waals surface area contributed by atoms with Gasteiger partial charge in [0.15, 0.2) is 5.78 Å². The third-order valence-electron chi connectivity index (χ3n) is 4.10. The Morgan fingerprint density at radius 3 is 1.43 bits per heavy atom. The van der Waals surface area contributed by atoms with Gasteiger partial charge in [0, 0.05) is 11.5 Å². The van der Waals surface area contributed by atoms with Crippen LogP contribution in [0.3, 0.4) is 0 Å². The van der Waals surface area contributed by atoms with Crippen LogP contribution in [0.1, 0.15) is 58.3 Å². The van der Waals surface area contributed by atoms with Gasteiger partial charge in [-0.3, -0.25) is 4.79 Å². The fraction of sp³-hybridized carbons (Fsp3) is 0.303. The van der Waals surface area contributed by atoms with E-state index in [9.17, 15) is 4.79 Å². The molecule has 2 nitrogen and oxygen atoms in total. The lowest BCUT2D eigenvalue weighted by atomic mass is 9.92. The molecular formula is C33H42O2. The molecule has 1 aliphatic rings. The summed E-state index contributed by atoms with van der Waals surface area (Å²) in [5.74, 6) is 3.65. The van der Waals surface area contributed by atoms with E-state index in [4.69, 9.17) is 4.74 Å². The van der Waals surface area contributed by atoms with Gasteiger partial charge in [-0.25, -0.2) is 0 Å². The van der Waals surface area contributed by atoms with Gasteiger partial charge >= 0.3 is 0 Å². The molecule has 0 fully saturated rings. The predicted octanol–water partition coefficient (Wildman–Crippen LogP) is 9.81. The number of rotatable bonds is 4. The van der Waals surface area contributed by atoms with Crippen molar-refractivity contribution in [3.8, 4) is 11.5 Å². The second kappa shape index (κ2) is 18.0. The Morgan fingerprint density at radius 2 is 1.06 bits per heavy atom. The molecule has 3 aromatic rings. The van der Waals surface area contributed by atoms with Crippen LogP contribution in [0, 0.1) is 17.8 Å². The molecule has 0 spiro atoms. The number of carbonyl (C=O) groups is 1. The average Bonchev–Trinajstić information content (AvgIpc) is 2.86. The number of carbonyl (C=O) groups excluding carboxylic acids is 1. The minimum absolute atomic E-state index is 0.0300. The molecule has 2 heteroatoms. The van der Waals surface area contributed by atoms with Gasteiger partial charge in [-0.2, -0.15) is 0 Å². The van der Waals surface area contributed by atoms with E-state index in [1.807, 2.05) is 115 Å². The highest BCUT2D eigenvalue weighted by atomic mass is 16.5. The summed E-state index contributed by atoms with van der Waals surface area (Å²) in [6, 6.07) is 29.0. The summed E-state index contributed by atoms with van der Waals surface area (Å²) >= 11 is 0. The Balaban J connectivity index is 0.000000270. The third kappa shape index (κ3) is 15.2. The molecule has 0 saturated heterocycles. The Bertz CT molecular complexity index is 922. The van der Waals surface area contributed by atoms with Crippen LogP contribution in [0.5, 0.6) is 11.5 Å². The monoisotopic (exact) mass is 470 g/mol. The molecule has 0 aliphatic heterocycles. The SMILES string of the molecule is CC(C)C.CC(C)C.O=C(c1ccccc1)C1C=CC=CC1.c1ccc(Oc2ccccc2)cc1. The molecule has 1 atom stereocenters. The van der Waals surface area contributed by atoms with Crippen LogP contribution < -0.4 is 4.74 Å². The molecule has 186 valence electrons.